The molecule has 1 atom stereocenters. The zero-order chi connectivity index (χ0) is 11.6. The standard InChI is InChI=1S/C9H9F4NO/c1-5(15-14)6-3-2-4-7(8(6)10)9(11,12)13/h2-5H,14H2,1H3. The van der Waals surface area contributed by atoms with Crippen LogP contribution in [0.1, 0.15) is 24.2 Å². The van der Waals surface area contributed by atoms with Gasteiger partial charge in [0.25, 0.3) is 0 Å². The smallest absolute Gasteiger partial charge is 0.297 e. The summed E-state index contributed by atoms with van der Waals surface area (Å²) < 4.78 is 50.2. The highest BCUT2D eigenvalue weighted by Gasteiger charge is 2.35. The van der Waals surface area contributed by atoms with Crippen LogP contribution in [0, 0.1) is 5.82 Å². The van der Waals surface area contributed by atoms with Gasteiger partial charge in [-0.3, -0.25) is 4.84 Å². The van der Waals surface area contributed by atoms with Crippen LogP contribution in [-0.4, -0.2) is 0 Å². The van der Waals surface area contributed by atoms with Gasteiger partial charge in [-0.2, -0.15) is 13.2 Å². The number of rotatable bonds is 2. The van der Waals surface area contributed by atoms with Gasteiger partial charge in [0.15, 0.2) is 0 Å². The summed E-state index contributed by atoms with van der Waals surface area (Å²) in [6.07, 6.45) is -5.64. The van der Waals surface area contributed by atoms with Gasteiger partial charge in [0.2, 0.25) is 0 Å². The second-order valence-electron chi connectivity index (χ2n) is 2.98. The van der Waals surface area contributed by atoms with Gasteiger partial charge in [0, 0.05) is 5.56 Å². The molecule has 0 radical (unpaired) electrons. The number of benzene rings is 1. The lowest BCUT2D eigenvalue weighted by atomic mass is 10.1. The van der Waals surface area contributed by atoms with E-state index in [-0.39, 0.29) is 5.56 Å². The highest BCUT2D eigenvalue weighted by Crippen LogP contribution is 2.34. The molecule has 0 amide bonds. The molecule has 1 unspecified atom stereocenters. The molecule has 1 aromatic carbocycles. The molecular formula is C9H9F4NO. The van der Waals surface area contributed by atoms with Crippen LogP contribution < -0.4 is 5.90 Å². The summed E-state index contributed by atoms with van der Waals surface area (Å²) in [7, 11) is 0. The van der Waals surface area contributed by atoms with Crippen molar-refractivity contribution in [2.75, 3.05) is 0 Å². The summed E-state index contributed by atoms with van der Waals surface area (Å²) in [6, 6.07) is 2.97. The Bertz CT molecular complexity index is 350. The van der Waals surface area contributed by atoms with Gasteiger partial charge in [0.1, 0.15) is 11.9 Å². The molecule has 0 saturated carbocycles. The molecule has 0 heterocycles. The van der Waals surface area contributed by atoms with Crippen LogP contribution in [-0.2, 0) is 11.0 Å². The van der Waals surface area contributed by atoms with Crippen LogP contribution in [0.25, 0.3) is 0 Å². The molecular weight excluding hydrogens is 214 g/mol. The van der Waals surface area contributed by atoms with Crippen molar-refractivity contribution in [2.45, 2.75) is 19.2 Å². The van der Waals surface area contributed by atoms with Crippen LogP contribution in [0.15, 0.2) is 18.2 Å². The summed E-state index contributed by atoms with van der Waals surface area (Å²) >= 11 is 0. The Hall–Kier alpha value is -1.14. The summed E-state index contributed by atoms with van der Waals surface area (Å²) in [4.78, 5) is 4.28. The van der Waals surface area contributed by atoms with Gasteiger partial charge >= 0.3 is 6.18 Å². The van der Waals surface area contributed by atoms with E-state index in [0.29, 0.717) is 6.07 Å². The van der Waals surface area contributed by atoms with E-state index >= 15 is 0 Å². The van der Waals surface area contributed by atoms with E-state index in [1.165, 1.54) is 13.0 Å². The third-order valence-corrected chi connectivity index (χ3v) is 1.98. The lowest BCUT2D eigenvalue weighted by Crippen LogP contribution is -2.13. The van der Waals surface area contributed by atoms with Crippen molar-refractivity contribution in [3.05, 3.63) is 35.1 Å². The van der Waals surface area contributed by atoms with Crippen molar-refractivity contribution in [1.82, 2.24) is 0 Å². The zero-order valence-electron chi connectivity index (χ0n) is 7.81. The summed E-state index contributed by atoms with van der Waals surface area (Å²) in [6.45, 7) is 1.36. The second kappa shape index (κ2) is 4.16. The third kappa shape index (κ3) is 2.45. The first kappa shape index (κ1) is 11.9. The van der Waals surface area contributed by atoms with E-state index in [2.05, 4.69) is 4.84 Å². The Morgan fingerprint density at radius 3 is 2.40 bits per heavy atom. The van der Waals surface area contributed by atoms with Crippen molar-refractivity contribution < 1.29 is 22.4 Å². The SMILES string of the molecule is CC(ON)c1cccc(C(F)(F)F)c1F. The Kier molecular flexibility index (Phi) is 3.31. The van der Waals surface area contributed by atoms with Gasteiger partial charge in [0.05, 0.1) is 5.56 Å². The van der Waals surface area contributed by atoms with Crippen LogP contribution >= 0.6 is 0 Å². The topological polar surface area (TPSA) is 35.2 Å². The average Bonchev–Trinajstić information content (AvgIpc) is 2.15. The number of hydrogen-bond donors (Lipinski definition) is 1. The number of hydrogen-bond acceptors (Lipinski definition) is 2. The molecule has 1 aromatic rings. The van der Waals surface area contributed by atoms with Crippen molar-refractivity contribution in [3.8, 4) is 0 Å². The molecule has 0 bridgehead atoms. The lowest BCUT2D eigenvalue weighted by molar-refractivity contribution is -0.140. The highest BCUT2D eigenvalue weighted by atomic mass is 19.4. The van der Waals surface area contributed by atoms with Gasteiger partial charge < -0.3 is 0 Å². The first-order valence-corrected chi connectivity index (χ1v) is 4.09. The molecule has 84 valence electrons. The second-order valence-corrected chi connectivity index (χ2v) is 2.98. The van der Waals surface area contributed by atoms with E-state index in [9.17, 15) is 17.6 Å². The zero-order valence-corrected chi connectivity index (χ0v) is 7.81. The van der Waals surface area contributed by atoms with E-state index < -0.39 is 23.7 Å². The Labute approximate surface area is 83.6 Å². The van der Waals surface area contributed by atoms with E-state index in [1.54, 1.807) is 0 Å². The highest BCUT2D eigenvalue weighted by molar-refractivity contribution is 5.29. The maximum Gasteiger partial charge on any atom is 0.419 e. The quantitative estimate of drug-likeness (QED) is 0.618. The van der Waals surface area contributed by atoms with Gasteiger partial charge in [-0.1, -0.05) is 12.1 Å². The van der Waals surface area contributed by atoms with Crippen molar-refractivity contribution >= 4 is 0 Å². The van der Waals surface area contributed by atoms with Crippen molar-refractivity contribution in [2.24, 2.45) is 5.90 Å². The van der Waals surface area contributed by atoms with Gasteiger partial charge in [-0.25, -0.2) is 10.3 Å². The van der Waals surface area contributed by atoms with Crippen LogP contribution in [0.5, 0.6) is 0 Å². The first-order valence-electron chi connectivity index (χ1n) is 4.09. The molecule has 0 aliphatic rings. The molecule has 2 N–H and O–H groups in total. The number of alkyl halides is 3. The first-order chi connectivity index (χ1) is 6.88. The molecule has 2 nitrogen and oxygen atoms in total. The normalized spacial score (nSPS) is 14.0. The summed E-state index contributed by atoms with van der Waals surface area (Å²) in [5.41, 5.74) is -1.53. The minimum atomic E-state index is -4.71. The maximum atomic E-state index is 13.4. The fourth-order valence-corrected chi connectivity index (χ4v) is 1.16. The van der Waals surface area contributed by atoms with E-state index in [1.807, 2.05) is 0 Å². The average molecular weight is 223 g/mol. The predicted octanol–water partition coefficient (Wildman–Crippen LogP) is 2.80. The summed E-state index contributed by atoms with van der Waals surface area (Å²) in [5.74, 6) is 3.44. The van der Waals surface area contributed by atoms with Crippen molar-refractivity contribution in [3.63, 3.8) is 0 Å². The Morgan fingerprint density at radius 1 is 1.33 bits per heavy atom. The maximum absolute atomic E-state index is 13.4. The lowest BCUT2D eigenvalue weighted by Gasteiger charge is -2.14. The fourth-order valence-electron chi connectivity index (χ4n) is 1.16. The van der Waals surface area contributed by atoms with Crippen LogP contribution in [0.2, 0.25) is 0 Å². The fraction of sp³-hybridized carbons (Fsp3) is 0.333. The molecule has 15 heavy (non-hydrogen) atoms. The molecule has 0 fully saturated rings. The molecule has 1 rings (SSSR count). The molecule has 0 aliphatic carbocycles. The summed E-state index contributed by atoms with van der Waals surface area (Å²) in [5, 5.41) is 0. The largest absolute Gasteiger partial charge is 0.419 e. The van der Waals surface area contributed by atoms with E-state index in [0.717, 1.165) is 6.07 Å². The Balaban J connectivity index is 3.23. The van der Waals surface area contributed by atoms with Crippen LogP contribution in [0.4, 0.5) is 17.6 Å². The number of halogens is 4. The third-order valence-electron chi connectivity index (χ3n) is 1.98. The minimum absolute atomic E-state index is 0.215. The van der Waals surface area contributed by atoms with Gasteiger partial charge in [-0.05, 0) is 13.0 Å². The predicted molar refractivity (Wildman–Crippen MR) is 45.1 cm³/mol. The van der Waals surface area contributed by atoms with E-state index in [4.69, 9.17) is 5.90 Å². The van der Waals surface area contributed by atoms with Gasteiger partial charge in [-0.15, -0.1) is 0 Å². The Morgan fingerprint density at radius 2 is 1.93 bits per heavy atom. The molecule has 0 aromatic heterocycles. The molecule has 0 saturated heterocycles. The molecule has 0 aliphatic heterocycles. The monoisotopic (exact) mass is 223 g/mol. The van der Waals surface area contributed by atoms with Crippen LogP contribution in [0.3, 0.4) is 0 Å². The molecule has 0 spiro atoms. The van der Waals surface area contributed by atoms with Crippen molar-refractivity contribution in [1.29, 1.82) is 0 Å². The molecule has 6 heteroatoms. The number of nitrogens with two attached hydrogens (primary N) is 1. The minimum Gasteiger partial charge on any atom is -0.297 e.